The van der Waals surface area contributed by atoms with Crippen molar-refractivity contribution in [3.05, 3.63) is 65.7 Å². The van der Waals surface area contributed by atoms with E-state index in [2.05, 4.69) is 0 Å². The maximum Gasteiger partial charge on any atom is 0.454 e. The van der Waals surface area contributed by atoms with Gasteiger partial charge in [-0.15, -0.1) is 0 Å². The van der Waals surface area contributed by atoms with Crippen molar-refractivity contribution in [3.8, 4) is 5.75 Å². The van der Waals surface area contributed by atoms with E-state index in [1.165, 1.54) is 12.1 Å². The molecule has 0 aliphatic heterocycles. The highest BCUT2D eigenvalue weighted by Crippen LogP contribution is 2.25. The topological polar surface area (TPSA) is 46.5 Å². The lowest BCUT2D eigenvalue weighted by atomic mass is 10.1. The third kappa shape index (κ3) is 3.85. The number of alkyl halides is 3. The zero-order valence-corrected chi connectivity index (χ0v) is 11.4. The summed E-state index contributed by atoms with van der Waals surface area (Å²) in [6.45, 7) is -0.284. The number of benzene rings is 2. The summed E-state index contributed by atoms with van der Waals surface area (Å²) in [7, 11) is 0. The smallest absolute Gasteiger partial charge is 0.454 e. The minimum absolute atomic E-state index is 0.265. The molecule has 0 heterocycles. The second-order valence-electron chi connectivity index (χ2n) is 4.55. The van der Waals surface area contributed by atoms with Gasteiger partial charge >= 0.3 is 6.18 Å². The Labute approximate surface area is 125 Å². The van der Waals surface area contributed by atoms with Gasteiger partial charge in [0.1, 0.15) is 11.9 Å². The molecule has 0 bridgehead atoms. The SMILES string of the molecule is O=C(c1ccc(OC(CO)c2ccccc2)cc1)C(F)(F)F. The molecule has 1 N–H and O–H groups in total. The van der Waals surface area contributed by atoms with Crippen LogP contribution < -0.4 is 4.74 Å². The summed E-state index contributed by atoms with van der Waals surface area (Å²) in [5, 5.41) is 9.36. The molecular formula is C16H13F3O3. The number of hydrogen-bond acceptors (Lipinski definition) is 3. The van der Waals surface area contributed by atoms with Crippen molar-refractivity contribution < 1.29 is 27.8 Å². The van der Waals surface area contributed by atoms with Crippen molar-refractivity contribution in [2.45, 2.75) is 12.3 Å². The van der Waals surface area contributed by atoms with E-state index in [1.807, 2.05) is 6.07 Å². The zero-order chi connectivity index (χ0) is 16.2. The minimum Gasteiger partial charge on any atom is -0.483 e. The largest absolute Gasteiger partial charge is 0.483 e. The molecule has 2 rings (SSSR count). The normalized spacial score (nSPS) is 12.7. The van der Waals surface area contributed by atoms with Gasteiger partial charge in [-0.1, -0.05) is 30.3 Å². The Morgan fingerprint density at radius 1 is 1.05 bits per heavy atom. The van der Waals surface area contributed by atoms with Crippen molar-refractivity contribution in [2.24, 2.45) is 0 Å². The highest BCUT2D eigenvalue weighted by Gasteiger charge is 2.39. The van der Waals surface area contributed by atoms with Crippen LogP contribution >= 0.6 is 0 Å². The van der Waals surface area contributed by atoms with Crippen LogP contribution in [0.25, 0.3) is 0 Å². The molecule has 22 heavy (non-hydrogen) atoms. The molecule has 6 heteroatoms. The summed E-state index contributed by atoms with van der Waals surface area (Å²) >= 11 is 0. The average molecular weight is 310 g/mol. The van der Waals surface area contributed by atoms with Crippen LogP contribution in [-0.2, 0) is 0 Å². The van der Waals surface area contributed by atoms with Gasteiger partial charge in [-0.2, -0.15) is 13.2 Å². The van der Waals surface area contributed by atoms with Gasteiger partial charge in [0, 0.05) is 5.56 Å². The number of ether oxygens (including phenoxy) is 1. The van der Waals surface area contributed by atoms with E-state index in [-0.39, 0.29) is 12.4 Å². The van der Waals surface area contributed by atoms with Crippen molar-refractivity contribution in [1.29, 1.82) is 0 Å². The van der Waals surface area contributed by atoms with Gasteiger partial charge in [-0.05, 0) is 29.8 Å². The van der Waals surface area contributed by atoms with Crippen LogP contribution in [0, 0.1) is 0 Å². The molecule has 0 aliphatic rings. The standard InChI is InChI=1S/C16H13F3O3/c17-16(18,19)15(21)12-6-8-13(9-7-12)22-14(10-20)11-4-2-1-3-5-11/h1-9,14,20H,10H2. The number of carbonyl (C=O) groups excluding carboxylic acids is 1. The first-order valence-corrected chi connectivity index (χ1v) is 6.46. The Hall–Kier alpha value is -2.34. The Kier molecular flexibility index (Phi) is 4.82. The lowest BCUT2D eigenvalue weighted by Crippen LogP contribution is -2.22. The van der Waals surface area contributed by atoms with Gasteiger partial charge in [0.15, 0.2) is 0 Å². The van der Waals surface area contributed by atoms with Crippen LogP contribution in [0.5, 0.6) is 5.75 Å². The van der Waals surface area contributed by atoms with Gasteiger partial charge in [-0.25, -0.2) is 0 Å². The van der Waals surface area contributed by atoms with Crippen LogP contribution in [0.3, 0.4) is 0 Å². The van der Waals surface area contributed by atoms with Crippen molar-refractivity contribution in [3.63, 3.8) is 0 Å². The Morgan fingerprint density at radius 3 is 2.14 bits per heavy atom. The van der Waals surface area contributed by atoms with Gasteiger partial charge in [0.25, 0.3) is 5.78 Å². The Bertz CT molecular complexity index is 621. The third-order valence-electron chi connectivity index (χ3n) is 2.99. The molecule has 0 aromatic heterocycles. The second kappa shape index (κ2) is 6.62. The molecule has 0 saturated heterocycles. The fourth-order valence-corrected chi connectivity index (χ4v) is 1.89. The van der Waals surface area contributed by atoms with E-state index in [4.69, 9.17) is 4.74 Å². The summed E-state index contributed by atoms with van der Waals surface area (Å²) in [6, 6.07) is 13.5. The number of carbonyl (C=O) groups is 1. The number of halogens is 3. The monoisotopic (exact) mass is 310 g/mol. The molecule has 1 atom stereocenters. The summed E-state index contributed by atoms with van der Waals surface area (Å²) < 4.78 is 42.5. The highest BCUT2D eigenvalue weighted by atomic mass is 19.4. The fourth-order valence-electron chi connectivity index (χ4n) is 1.89. The molecule has 116 valence electrons. The van der Waals surface area contributed by atoms with Gasteiger partial charge in [0.05, 0.1) is 6.61 Å². The van der Waals surface area contributed by atoms with Crippen LogP contribution in [-0.4, -0.2) is 23.7 Å². The van der Waals surface area contributed by atoms with Gasteiger partial charge < -0.3 is 9.84 Å². The number of rotatable bonds is 5. The van der Waals surface area contributed by atoms with Gasteiger partial charge in [-0.3, -0.25) is 4.79 Å². The quantitative estimate of drug-likeness (QED) is 0.859. The predicted molar refractivity (Wildman–Crippen MR) is 73.7 cm³/mol. The molecular weight excluding hydrogens is 297 g/mol. The summed E-state index contributed by atoms with van der Waals surface area (Å²) in [5.41, 5.74) is 0.278. The van der Waals surface area contributed by atoms with E-state index in [9.17, 15) is 23.1 Å². The molecule has 2 aromatic rings. The molecule has 0 radical (unpaired) electrons. The second-order valence-corrected chi connectivity index (χ2v) is 4.55. The van der Waals surface area contributed by atoms with E-state index >= 15 is 0 Å². The third-order valence-corrected chi connectivity index (χ3v) is 2.99. The van der Waals surface area contributed by atoms with Crippen LogP contribution in [0.2, 0.25) is 0 Å². The van der Waals surface area contributed by atoms with Crippen molar-refractivity contribution >= 4 is 5.78 Å². The van der Waals surface area contributed by atoms with E-state index in [0.29, 0.717) is 0 Å². The van der Waals surface area contributed by atoms with E-state index < -0.39 is 23.6 Å². The predicted octanol–water partition coefficient (Wildman–Crippen LogP) is 3.54. The fraction of sp³-hybridized carbons (Fsp3) is 0.188. The van der Waals surface area contributed by atoms with E-state index in [0.717, 1.165) is 17.7 Å². The van der Waals surface area contributed by atoms with Crippen LogP contribution in [0.4, 0.5) is 13.2 Å². The molecule has 0 spiro atoms. The van der Waals surface area contributed by atoms with Crippen LogP contribution in [0.15, 0.2) is 54.6 Å². The first kappa shape index (κ1) is 16.0. The molecule has 0 amide bonds. The summed E-state index contributed by atoms with van der Waals surface area (Å²) in [5.74, 6) is -1.64. The lowest BCUT2D eigenvalue weighted by molar-refractivity contribution is -0.0885. The number of aliphatic hydroxyl groups is 1. The zero-order valence-electron chi connectivity index (χ0n) is 11.4. The molecule has 0 aliphatic carbocycles. The van der Waals surface area contributed by atoms with E-state index in [1.54, 1.807) is 24.3 Å². The van der Waals surface area contributed by atoms with Crippen molar-refractivity contribution in [1.82, 2.24) is 0 Å². The first-order valence-electron chi connectivity index (χ1n) is 6.46. The molecule has 0 fully saturated rings. The maximum absolute atomic E-state index is 12.3. The lowest BCUT2D eigenvalue weighted by Gasteiger charge is -2.17. The summed E-state index contributed by atoms with van der Waals surface area (Å²) in [6.07, 6.45) is -5.54. The highest BCUT2D eigenvalue weighted by molar-refractivity contribution is 6.00. The molecule has 1 unspecified atom stereocenters. The number of hydrogen-bond donors (Lipinski definition) is 1. The minimum atomic E-state index is -4.90. The Morgan fingerprint density at radius 2 is 1.64 bits per heavy atom. The molecule has 0 saturated carbocycles. The average Bonchev–Trinajstić information content (AvgIpc) is 2.52. The molecule has 3 nitrogen and oxygen atoms in total. The summed E-state index contributed by atoms with van der Waals surface area (Å²) in [4.78, 5) is 11.1. The number of aliphatic hydroxyl groups excluding tert-OH is 1. The number of Topliss-reactive ketones (excluding diaryl/α,β-unsaturated/α-hetero) is 1. The van der Waals surface area contributed by atoms with Crippen molar-refractivity contribution in [2.75, 3.05) is 6.61 Å². The van der Waals surface area contributed by atoms with Crippen LogP contribution in [0.1, 0.15) is 22.0 Å². The maximum atomic E-state index is 12.3. The number of ketones is 1. The molecule has 2 aromatic carbocycles. The first-order chi connectivity index (χ1) is 10.4. The Balaban J connectivity index is 2.12. The van der Waals surface area contributed by atoms with Gasteiger partial charge in [0.2, 0.25) is 0 Å².